The number of methoxy groups -OCH3 is 1. The summed E-state index contributed by atoms with van der Waals surface area (Å²) >= 11 is 0. The molecule has 0 radical (unpaired) electrons. The van der Waals surface area contributed by atoms with Crippen LogP contribution in [0.15, 0.2) is 47.6 Å². The summed E-state index contributed by atoms with van der Waals surface area (Å²) in [6, 6.07) is 11.3. The molecule has 22 heavy (non-hydrogen) atoms. The van der Waals surface area contributed by atoms with E-state index in [0.717, 1.165) is 11.3 Å². The average Bonchev–Trinajstić information content (AvgIpc) is 2.79. The number of hydrogen-bond acceptors (Lipinski definition) is 4. The van der Waals surface area contributed by atoms with Crippen molar-refractivity contribution in [1.29, 1.82) is 0 Å². The van der Waals surface area contributed by atoms with Gasteiger partial charge >= 0.3 is 0 Å². The van der Waals surface area contributed by atoms with Gasteiger partial charge in [-0.25, -0.2) is 4.39 Å². The van der Waals surface area contributed by atoms with E-state index in [2.05, 4.69) is 5.18 Å². The molecule has 0 amide bonds. The van der Waals surface area contributed by atoms with Crippen LogP contribution >= 0.6 is 0 Å². The first-order valence-electron chi connectivity index (χ1n) is 6.61. The van der Waals surface area contributed by atoms with Gasteiger partial charge in [-0.3, -0.25) is 0 Å². The van der Waals surface area contributed by atoms with Crippen LogP contribution in [0.1, 0.15) is 5.56 Å². The minimum absolute atomic E-state index is 0.150. The Labute approximate surface area is 125 Å². The number of aromatic nitrogens is 1. The molecule has 0 aliphatic carbocycles. The highest BCUT2D eigenvalue weighted by Crippen LogP contribution is 2.39. The maximum atomic E-state index is 13.4. The molecule has 1 aromatic heterocycles. The molecule has 3 aromatic rings. The predicted octanol–water partition coefficient (Wildman–Crippen LogP) is 3.94. The van der Waals surface area contributed by atoms with E-state index in [1.54, 1.807) is 19.2 Å². The molecule has 1 heterocycles. The van der Waals surface area contributed by atoms with E-state index >= 15 is 0 Å². The van der Waals surface area contributed by atoms with E-state index in [1.165, 1.54) is 22.8 Å². The van der Waals surface area contributed by atoms with Crippen LogP contribution in [0.5, 0.6) is 11.6 Å². The summed E-state index contributed by atoms with van der Waals surface area (Å²) in [5.41, 5.74) is 1.29. The van der Waals surface area contributed by atoms with Gasteiger partial charge < -0.3 is 14.4 Å². The number of aromatic hydroxyl groups is 1. The average molecular weight is 300 g/mol. The molecule has 0 saturated carbocycles. The van der Waals surface area contributed by atoms with Gasteiger partial charge in [-0.05, 0) is 41.1 Å². The Bertz CT molecular complexity index is 841. The van der Waals surface area contributed by atoms with Crippen molar-refractivity contribution in [2.45, 2.75) is 6.54 Å². The summed E-state index contributed by atoms with van der Waals surface area (Å²) in [4.78, 5) is 10.9. The third-order valence-corrected chi connectivity index (χ3v) is 3.56. The number of hydrogen-bond donors (Lipinski definition) is 1. The largest absolute Gasteiger partial charge is 0.497 e. The van der Waals surface area contributed by atoms with Crippen LogP contribution in [0.3, 0.4) is 0 Å². The summed E-state index contributed by atoms with van der Waals surface area (Å²) < 4.78 is 20.0. The highest BCUT2D eigenvalue weighted by Gasteiger charge is 2.18. The van der Waals surface area contributed by atoms with Crippen molar-refractivity contribution < 1.29 is 14.2 Å². The first-order valence-corrected chi connectivity index (χ1v) is 6.61. The first kappa shape index (κ1) is 14.1. The smallest absolute Gasteiger partial charge is 0.222 e. The Balaban J connectivity index is 2.09. The minimum Gasteiger partial charge on any atom is -0.497 e. The SMILES string of the molecule is COc1ccc(Cn2c(O)c(N=O)c3cc(F)ccc32)cc1. The van der Waals surface area contributed by atoms with Gasteiger partial charge in [0.15, 0.2) is 5.69 Å². The van der Waals surface area contributed by atoms with Gasteiger partial charge in [0.25, 0.3) is 0 Å². The van der Waals surface area contributed by atoms with Crippen LogP contribution < -0.4 is 4.74 Å². The lowest BCUT2D eigenvalue weighted by Gasteiger charge is -2.08. The number of nitroso groups, excluding NO2 is 1. The Hall–Kier alpha value is -2.89. The van der Waals surface area contributed by atoms with E-state index in [1.807, 2.05) is 12.1 Å². The topological polar surface area (TPSA) is 63.8 Å². The van der Waals surface area contributed by atoms with Crippen molar-refractivity contribution in [3.8, 4) is 11.6 Å². The van der Waals surface area contributed by atoms with Gasteiger partial charge in [0.1, 0.15) is 11.6 Å². The third-order valence-electron chi connectivity index (χ3n) is 3.56. The summed E-state index contributed by atoms with van der Waals surface area (Å²) in [5.74, 6) is -0.0342. The number of benzene rings is 2. The summed E-state index contributed by atoms with van der Waals surface area (Å²) in [7, 11) is 1.58. The van der Waals surface area contributed by atoms with Crippen molar-refractivity contribution in [2.75, 3.05) is 7.11 Å². The number of halogens is 1. The molecule has 3 rings (SSSR count). The fraction of sp³-hybridized carbons (Fsp3) is 0.125. The van der Waals surface area contributed by atoms with Crippen LogP contribution in [0.2, 0.25) is 0 Å². The summed E-state index contributed by atoms with van der Waals surface area (Å²) in [6.45, 7) is 0.327. The number of nitrogens with zero attached hydrogens (tertiary/aromatic N) is 2. The van der Waals surface area contributed by atoms with Crippen molar-refractivity contribution >= 4 is 16.6 Å². The molecule has 0 aliphatic heterocycles. The van der Waals surface area contributed by atoms with Crippen LogP contribution in [0, 0.1) is 10.7 Å². The zero-order valence-corrected chi connectivity index (χ0v) is 11.8. The molecule has 0 spiro atoms. The summed E-state index contributed by atoms with van der Waals surface area (Å²) in [5, 5.41) is 13.3. The first-order chi connectivity index (χ1) is 10.6. The van der Waals surface area contributed by atoms with E-state index in [-0.39, 0.29) is 11.6 Å². The van der Waals surface area contributed by atoms with Crippen LogP contribution in [0.4, 0.5) is 10.1 Å². The molecule has 0 saturated heterocycles. The van der Waals surface area contributed by atoms with Crippen LogP contribution in [0.25, 0.3) is 10.9 Å². The molecule has 112 valence electrons. The molecule has 0 fully saturated rings. The highest BCUT2D eigenvalue weighted by atomic mass is 19.1. The van der Waals surface area contributed by atoms with Gasteiger partial charge in [0.05, 0.1) is 19.2 Å². The molecule has 0 unspecified atom stereocenters. The van der Waals surface area contributed by atoms with E-state index in [9.17, 15) is 14.4 Å². The minimum atomic E-state index is -0.487. The second kappa shape index (κ2) is 5.48. The van der Waals surface area contributed by atoms with Gasteiger partial charge in [-0.1, -0.05) is 12.1 Å². The van der Waals surface area contributed by atoms with Crippen LogP contribution in [-0.2, 0) is 6.54 Å². The molecule has 0 aliphatic rings. The van der Waals surface area contributed by atoms with E-state index in [4.69, 9.17) is 4.74 Å². The fourth-order valence-corrected chi connectivity index (χ4v) is 2.46. The van der Waals surface area contributed by atoms with Crippen molar-refractivity contribution in [3.63, 3.8) is 0 Å². The third kappa shape index (κ3) is 2.28. The Kier molecular flexibility index (Phi) is 3.50. The second-order valence-corrected chi connectivity index (χ2v) is 4.86. The highest BCUT2D eigenvalue weighted by molar-refractivity contribution is 5.95. The Morgan fingerprint density at radius 1 is 1.23 bits per heavy atom. The zero-order valence-electron chi connectivity index (χ0n) is 11.8. The maximum Gasteiger partial charge on any atom is 0.222 e. The van der Waals surface area contributed by atoms with Crippen molar-refractivity contribution in [1.82, 2.24) is 4.57 Å². The summed E-state index contributed by atoms with van der Waals surface area (Å²) in [6.07, 6.45) is 0. The van der Waals surface area contributed by atoms with Crippen molar-refractivity contribution in [2.24, 2.45) is 5.18 Å². The molecule has 5 nitrogen and oxygen atoms in total. The van der Waals surface area contributed by atoms with Gasteiger partial charge in [0.2, 0.25) is 5.88 Å². The quantitative estimate of drug-likeness (QED) is 0.742. The van der Waals surface area contributed by atoms with E-state index in [0.29, 0.717) is 17.4 Å². The van der Waals surface area contributed by atoms with Crippen LogP contribution in [-0.4, -0.2) is 16.8 Å². The molecular weight excluding hydrogens is 287 g/mol. The molecule has 1 N–H and O–H groups in total. The van der Waals surface area contributed by atoms with E-state index < -0.39 is 5.82 Å². The van der Waals surface area contributed by atoms with Gasteiger partial charge in [-0.15, -0.1) is 4.91 Å². The molecule has 2 aromatic carbocycles. The normalized spacial score (nSPS) is 10.8. The predicted molar refractivity (Wildman–Crippen MR) is 81.1 cm³/mol. The number of fused-ring (bicyclic) bond motifs is 1. The zero-order chi connectivity index (χ0) is 15.7. The van der Waals surface area contributed by atoms with Gasteiger partial charge in [0, 0.05) is 5.39 Å². The molecule has 6 heteroatoms. The number of rotatable bonds is 4. The molecule has 0 bridgehead atoms. The van der Waals surface area contributed by atoms with Gasteiger partial charge in [-0.2, -0.15) is 0 Å². The molecule has 0 atom stereocenters. The Morgan fingerprint density at radius 3 is 2.59 bits per heavy atom. The van der Waals surface area contributed by atoms with Crippen molar-refractivity contribution in [3.05, 3.63) is 58.8 Å². The monoisotopic (exact) mass is 300 g/mol. The second-order valence-electron chi connectivity index (χ2n) is 4.86. The maximum absolute atomic E-state index is 13.4. The lowest BCUT2D eigenvalue weighted by Crippen LogP contribution is -1.99. The Morgan fingerprint density at radius 2 is 1.95 bits per heavy atom. The lowest BCUT2D eigenvalue weighted by atomic mass is 10.2. The standard InChI is InChI=1S/C16H13FN2O3/c1-22-12-5-2-10(3-6-12)9-19-14-7-4-11(17)8-13(14)15(18-21)16(19)20/h2-8,20H,9H2,1H3. The molecular formula is C16H13FN2O3. The lowest BCUT2D eigenvalue weighted by molar-refractivity contribution is 0.414. The number of ether oxygens (including phenoxy) is 1. The fourth-order valence-electron chi connectivity index (χ4n) is 2.46.